The van der Waals surface area contributed by atoms with Gasteiger partial charge in [-0.05, 0) is 19.4 Å². The van der Waals surface area contributed by atoms with E-state index in [0.717, 1.165) is 22.0 Å². The summed E-state index contributed by atoms with van der Waals surface area (Å²) >= 11 is 1.63. The van der Waals surface area contributed by atoms with Crippen molar-refractivity contribution in [3.05, 3.63) is 51.5 Å². The molecule has 108 valence electrons. The predicted octanol–water partition coefficient (Wildman–Crippen LogP) is 4.26. The van der Waals surface area contributed by atoms with Crippen LogP contribution in [-0.2, 0) is 17.4 Å². The second-order valence-electron chi connectivity index (χ2n) is 6.76. The van der Waals surface area contributed by atoms with E-state index < -0.39 is 5.60 Å². The van der Waals surface area contributed by atoms with Crippen LogP contribution in [0.1, 0.15) is 55.8 Å². The molecule has 0 atom stereocenters. The number of benzene rings is 1. The highest BCUT2D eigenvalue weighted by Crippen LogP contribution is 2.37. The molecule has 1 aromatic carbocycles. The zero-order chi connectivity index (χ0) is 15.0. The Labute approximate surface area is 125 Å². The van der Waals surface area contributed by atoms with Crippen molar-refractivity contribution in [3.8, 4) is 0 Å². The van der Waals surface area contributed by atoms with E-state index in [1.165, 1.54) is 5.56 Å². The van der Waals surface area contributed by atoms with Crippen molar-refractivity contribution in [2.45, 2.75) is 52.1 Å². The Morgan fingerprint density at radius 2 is 1.65 bits per heavy atom. The molecule has 0 aliphatic carbocycles. The van der Waals surface area contributed by atoms with Crippen molar-refractivity contribution < 1.29 is 5.11 Å². The van der Waals surface area contributed by atoms with Crippen LogP contribution in [0.5, 0.6) is 0 Å². The summed E-state index contributed by atoms with van der Waals surface area (Å²) < 4.78 is 0. The van der Waals surface area contributed by atoms with E-state index in [0.29, 0.717) is 0 Å². The fraction of sp³-hybridized carbons (Fsp3) is 0.471. The number of rotatable bonds is 3. The monoisotopic (exact) mass is 289 g/mol. The molecule has 0 amide bonds. The quantitative estimate of drug-likeness (QED) is 0.916. The molecule has 3 heteroatoms. The normalized spacial score (nSPS) is 12.7. The van der Waals surface area contributed by atoms with Gasteiger partial charge in [0.2, 0.25) is 0 Å². The van der Waals surface area contributed by atoms with E-state index in [9.17, 15) is 5.11 Å². The molecule has 20 heavy (non-hydrogen) atoms. The summed E-state index contributed by atoms with van der Waals surface area (Å²) in [5.74, 6) is 0. The average molecular weight is 289 g/mol. The molecule has 2 nitrogen and oxygen atoms in total. The molecule has 1 heterocycles. The summed E-state index contributed by atoms with van der Waals surface area (Å²) in [5, 5.41) is 11.5. The molecule has 0 spiro atoms. The van der Waals surface area contributed by atoms with Gasteiger partial charge in [-0.25, -0.2) is 4.98 Å². The average Bonchev–Trinajstić information content (AvgIpc) is 2.74. The van der Waals surface area contributed by atoms with Gasteiger partial charge in [0, 0.05) is 11.8 Å². The Morgan fingerprint density at radius 3 is 2.10 bits per heavy atom. The molecule has 2 aromatic rings. The molecule has 0 saturated heterocycles. The Bertz CT molecular complexity index is 542. The minimum atomic E-state index is -0.838. The van der Waals surface area contributed by atoms with Crippen molar-refractivity contribution in [3.63, 3.8) is 0 Å². The summed E-state index contributed by atoms with van der Waals surface area (Å²) in [6, 6.07) is 10.3. The fourth-order valence-corrected chi connectivity index (χ4v) is 3.44. The van der Waals surface area contributed by atoms with Crippen LogP contribution in [0.25, 0.3) is 0 Å². The van der Waals surface area contributed by atoms with Crippen molar-refractivity contribution in [2.75, 3.05) is 0 Å². The lowest BCUT2D eigenvalue weighted by Crippen LogP contribution is -2.22. The van der Waals surface area contributed by atoms with E-state index in [2.05, 4.69) is 32.9 Å². The van der Waals surface area contributed by atoms with Gasteiger partial charge in [-0.1, -0.05) is 51.1 Å². The second-order valence-corrected chi connectivity index (χ2v) is 7.84. The van der Waals surface area contributed by atoms with Gasteiger partial charge >= 0.3 is 0 Å². The molecular formula is C17H23NOS. The van der Waals surface area contributed by atoms with Crippen LogP contribution in [0.3, 0.4) is 0 Å². The maximum absolute atomic E-state index is 10.4. The van der Waals surface area contributed by atoms with E-state index in [4.69, 9.17) is 4.98 Å². The predicted molar refractivity (Wildman–Crippen MR) is 85.3 cm³/mol. The molecule has 0 saturated carbocycles. The van der Waals surface area contributed by atoms with Crippen molar-refractivity contribution in [1.29, 1.82) is 0 Å². The van der Waals surface area contributed by atoms with Crippen LogP contribution < -0.4 is 0 Å². The lowest BCUT2D eigenvalue weighted by atomic mass is 9.88. The minimum absolute atomic E-state index is 0.0548. The maximum Gasteiger partial charge on any atom is 0.0976 e. The highest BCUT2D eigenvalue weighted by atomic mass is 32.1. The molecule has 1 N–H and O–H groups in total. The lowest BCUT2D eigenvalue weighted by molar-refractivity contribution is 0.0803. The molecule has 0 unspecified atom stereocenters. The van der Waals surface area contributed by atoms with Gasteiger partial charge in [0.05, 0.1) is 21.2 Å². The molecule has 0 radical (unpaired) electrons. The Balaban J connectivity index is 2.40. The third kappa shape index (κ3) is 3.47. The van der Waals surface area contributed by atoms with Gasteiger partial charge in [-0.2, -0.15) is 0 Å². The van der Waals surface area contributed by atoms with Crippen molar-refractivity contribution >= 4 is 11.3 Å². The largest absolute Gasteiger partial charge is 0.385 e. The fourth-order valence-electron chi connectivity index (χ4n) is 2.13. The third-order valence-corrected chi connectivity index (χ3v) is 4.50. The van der Waals surface area contributed by atoms with Crippen molar-refractivity contribution in [1.82, 2.24) is 4.98 Å². The molecule has 2 rings (SSSR count). The summed E-state index contributed by atoms with van der Waals surface area (Å²) in [7, 11) is 0. The van der Waals surface area contributed by atoms with Crippen LogP contribution in [0, 0.1) is 0 Å². The Hall–Kier alpha value is -1.19. The number of nitrogens with zero attached hydrogens (tertiary/aromatic N) is 1. The standard InChI is InChI=1S/C17H23NOS/c1-16(2,3)14-15(17(4,5)19)20-13(18-14)11-12-9-7-6-8-10-12/h6-10,19H,11H2,1-5H3. The summed E-state index contributed by atoms with van der Waals surface area (Å²) in [5.41, 5.74) is 1.38. The number of aromatic nitrogens is 1. The maximum atomic E-state index is 10.4. The number of hydrogen-bond acceptors (Lipinski definition) is 3. The molecule has 0 bridgehead atoms. The molecule has 0 aliphatic heterocycles. The van der Waals surface area contributed by atoms with Crippen LogP contribution in [-0.4, -0.2) is 10.1 Å². The summed E-state index contributed by atoms with van der Waals surface area (Å²) in [6.45, 7) is 10.1. The molecule has 1 aromatic heterocycles. The van der Waals surface area contributed by atoms with Gasteiger partial charge in [0.1, 0.15) is 0 Å². The van der Waals surface area contributed by atoms with Gasteiger partial charge in [0.25, 0.3) is 0 Å². The van der Waals surface area contributed by atoms with Crippen LogP contribution in [0.2, 0.25) is 0 Å². The van der Waals surface area contributed by atoms with Gasteiger partial charge in [-0.15, -0.1) is 11.3 Å². The Kier molecular flexibility index (Phi) is 4.03. The highest BCUT2D eigenvalue weighted by Gasteiger charge is 2.30. The summed E-state index contributed by atoms with van der Waals surface area (Å²) in [6.07, 6.45) is 0.824. The van der Waals surface area contributed by atoms with Gasteiger partial charge < -0.3 is 5.11 Å². The zero-order valence-corrected chi connectivity index (χ0v) is 13.7. The van der Waals surface area contributed by atoms with Crippen LogP contribution in [0.4, 0.5) is 0 Å². The Morgan fingerprint density at radius 1 is 1.05 bits per heavy atom. The van der Waals surface area contributed by atoms with Gasteiger partial charge in [0.15, 0.2) is 0 Å². The number of hydrogen-bond donors (Lipinski definition) is 1. The number of thiazole rings is 1. The van der Waals surface area contributed by atoms with Gasteiger partial charge in [-0.3, -0.25) is 0 Å². The van der Waals surface area contributed by atoms with Crippen molar-refractivity contribution in [2.24, 2.45) is 0 Å². The first-order valence-electron chi connectivity index (χ1n) is 6.95. The zero-order valence-electron chi connectivity index (χ0n) is 12.9. The SMILES string of the molecule is CC(C)(C)c1nc(Cc2ccccc2)sc1C(C)(C)O. The molecular weight excluding hydrogens is 266 g/mol. The van der Waals surface area contributed by atoms with E-state index >= 15 is 0 Å². The summed E-state index contributed by atoms with van der Waals surface area (Å²) in [4.78, 5) is 5.78. The van der Waals surface area contributed by atoms with E-state index in [1.54, 1.807) is 11.3 Å². The number of aliphatic hydroxyl groups is 1. The third-order valence-electron chi connectivity index (χ3n) is 3.14. The van der Waals surface area contributed by atoms with E-state index in [1.807, 2.05) is 32.0 Å². The lowest BCUT2D eigenvalue weighted by Gasteiger charge is -2.23. The topological polar surface area (TPSA) is 33.1 Å². The van der Waals surface area contributed by atoms with Crippen LogP contribution >= 0.6 is 11.3 Å². The highest BCUT2D eigenvalue weighted by molar-refractivity contribution is 7.11. The molecule has 0 aliphatic rings. The first-order chi connectivity index (χ1) is 9.18. The smallest absolute Gasteiger partial charge is 0.0976 e. The first-order valence-corrected chi connectivity index (χ1v) is 7.76. The second kappa shape index (κ2) is 5.30. The first kappa shape index (κ1) is 15.2. The molecule has 0 fully saturated rings. The van der Waals surface area contributed by atoms with E-state index in [-0.39, 0.29) is 5.41 Å². The minimum Gasteiger partial charge on any atom is -0.385 e. The van der Waals surface area contributed by atoms with Crippen LogP contribution in [0.15, 0.2) is 30.3 Å².